The average molecular weight is 455 g/mol. The summed E-state index contributed by atoms with van der Waals surface area (Å²) in [5.74, 6) is 0.602. The Morgan fingerprint density at radius 2 is 1.82 bits per heavy atom. The molecular formula is C27H26N4O3. The molecule has 7 nitrogen and oxygen atoms in total. The summed E-state index contributed by atoms with van der Waals surface area (Å²) >= 11 is 0. The smallest absolute Gasteiger partial charge is 0.227 e. The molecule has 2 atom stereocenters. The van der Waals surface area contributed by atoms with Crippen molar-refractivity contribution in [2.75, 3.05) is 18.6 Å². The molecule has 2 heterocycles. The van der Waals surface area contributed by atoms with Crippen LogP contribution in [0.1, 0.15) is 23.9 Å². The van der Waals surface area contributed by atoms with Gasteiger partial charge in [-0.2, -0.15) is 0 Å². The van der Waals surface area contributed by atoms with Gasteiger partial charge in [0.05, 0.1) is 35.8 Å². The number of nitrogens with one attached hydrogen (secondary N) is 2. The molecule has 1 aromatic heterocycles. The molecule has 172 valence electrons. The fourth-order valence-electron chi connectivity index (χ4n) is 4.46. The minimum absolute atomic E-state index is 0.0898. The van der Waals surface area contributed by atoms with Gasteiger partial charge in [-0.1, -0.05) is 54.6 Å². The molecule has 2 N–H and O–H groups in total. The molecule has 1 aliphatic heterocycles. The number of carbonyl (C=O) groups excluding carboxylic acids is 2. The summed E-state index contributed by atoms with van der Waals surface area (Å²) in [6.07, 6.45) is 0.741. The lowest BCUT2D eigenvalue weighted by Crippen LogP contribution is -2.37. The highest BCUT2D eigenvalue weighted by Crippen LogP contribution is 2.33. The van der Waals surface area contributed by atoms with Crippen LogP contribution in [-0.2, 0) is 16.0 Å². The van der Waals surface area contributed by atoms with Gasteiger partial charge in [0.15, 0.2) is 0 Å². The van der Waals surface area contributed by atoms with Crippen molar-refractivity contribution in [2.24, 2.45) is 5.92 Å². The maximum atomic E-state index is 13.3. The monoisotopic (exact) mass is 454 g/mol. The van der Waals surface area contributed by atoms with Crippen LogP contribution in [0.15, 0.2) is 78.9 Å². The Labute approximate surface area is 197 Å². The van der Waals surface area contributed by atoms with Crippen molar-refractivity contribution in [1.29, 1.82) is 0 Å². The first-order valence-electron chi connectivity index (χ1n) is 11.3. The predicted molar refractivity (Wildman–Crippen MR) is 131 cm³/mol. The van der Waals surface area contributed by atoms with E-state index in [1.165, 1.54) is 0 Å². The zero-order valence-corrected chi connectivity index (χ0v) is 18.9. The van der Waals surface area contributed by atoms with E-state index >= 15 is 0 Å². The van der Waals surface area contributed by atoms with Crippen molar-refractivity contribution in [3.05, 3.63) is 90.3 Å². The lowest BCUT2D eigenvalue weighted by molar-refractivity contribution is -0.127. The molecule has 3 aromatic carbocycles. The molecule has 7 heteroatoms. The molecule has 0 aliphatic carbocycles. The number of ether oxygens (including phenoxy) is 1. The number of fused-ring (bicyclic) bond motifs is 1. The molecule has 1 aliphatic rings. The van der Waals surface area contributed by atoms with Crippen molar-refractivity contribution in [3.63, 3.8) is 0 Å². The van der Waals surface area contributed by atoms with Crippen LogP contribution in [0.3, 0.4) is 0 Å². The summed E-state index contributed by atoms with van der Waals surface area (Å²) in [5, 5.41) is 3.16. The predicted octanol–water partition coefficient (Wildman–Crippen LogP) is 4.02. The zero-order chi connectivity index (χ0) is 23.5. The Hall–Kier alpha value is -4.13. The minimum atomic E-state index is -0.458. The molecule has 0 radical (unpaired) electrons. The lowest BCUT2D eigenvalue weighted by Gasteiger charge is -2.21. The number of aromatic nitrogens is 2. The quantitative estimate of drug-likeness (QED) is 0.442. The normalized spacial score (nSPS) is 16.6. The van der Waals surface area contributed by atoms with E-state index in [9.17, 15) is 9.59 Å². The van der Waals surface area contributed by atoms with Gasteiger partial charge in [-0.05, 0) is 36.2 Å². The summed E-state index contributed by atoms with van der Waals surface area (Å²) in [6, 6.07) is 24.8. The van der Waals surface area contributed by atoms with Crippen LogP contribution in [0.5, 0.6) is 5.75 Å². The van der Waals surface area contributed by atoms with Gasteiger partial charge in [-0.3, -0.25) is 9.59 Å². The maximum Gasteiger partial charge on any atom is 0.227 e. The highest BCUT2D eigenvalue weighted by Gasteiger charge is 2.37. The van der Waals surface area contributed by atoms with Gasteiger partial charge in [0, 0.05) is 13.0 Å². The van der Waals surface area contributed by atoms with Crippen LogP contribution in [0, 0.1) is 5.92 Å². The zero-order valence-electron chi connectivity index (χ0n) is 18.9. The molecule has 0 spiro atoms. The van der Waals surface area contributed by atoms with Crippen molar-refractivity contribution in [2.45, 2.75) is 18.9 Å². The number of benzene rings is 3. The third-order valence-corrected chi connectivity index (χ3v) is 6.21. The highest BCUT2D eigenvalue weighted by molar-refractivity contribution is 6.01. The number of hydrogen-bond acceptors (Lipinski definition) is 4. The van der Waals surface area contributed by atoms with Crippen LogP contribution >= 0.6 is 0 Å². The third-order valence-electron chi connectivity index (χ3n) is 6.21. The first-order chi connectivity index (χ1) is 16.6. The minimum Gasteiger partial charge on any atom is -0.495 e. The number of anilines is 1. The summed E-state index contributed by atoms with van der Waals surface area (Å²) in [5.41, 5.74) is 3.54. The van der Waals surface area contributed by atoms with Gasteiger partial charge in [0.1, 0.15) is 11.6 Å². The standard InChI is InChI=1S/C27H26N4O3/c1-34-24-14-8-7-13-23(24)31-17-19(16-25(31)32)27(33)30-22(15-18-9-3-2-4-10-18)26-28-20-11-5-6-12-21(20)29-26/h2-14,19,22H,15-17H2,1H3,(H,28,29)(H,30,33)/t19-,22-/m1/s1. The van der Waals surface area contributed by atoms with Gasteiger partial charge < -0.3 is 19.9 Å². The van der Waals surface area contributed by atoms with E-state index in [0.717, 1.165) is 16.6 Å². The number of amides is 2. The van der Waals surface area contributed by atoms with E-state index in [0.29, 0.717) is 30.2 Å². The molecule has 0 bridgehead atoms. The van der Waals surface area contributed by atoms with Gasteiger partial charge >= 0.3 is 0 Å². The van der Waals surface area contributed by atoms with Gasteiger partial charge in [0.25, 0.3) is 0 Å². The first-order valence-corrected chi connectivity index (χ1v) is 11.3. The molecule has 4 aromatic rings. The summed E-state index contributed by atoms with van der Waals surface area (Å²) in [7, 11) is 1.57. The molecule has 2 amide bonds. The van der Waals surface area contributed by atoms with E-state index in [2.05, 4.69) is 10.3 Å². The topological polar surface area (TPSA) is 87.3 Å². The van der Waals surface area contributed by atoms with Crippen molar-refractivity contribution in [3.8, 4) is 5.75 Å². The highest BCUT2D eigenvalue weighted by atomic mass is 16.5. The molecule has 0 unspecified atom stereocenters. The fraction of sp³-hybridized carbons (Fsp3) is 0.222. The fourth-order valence-corrected chi connectivity index (χ4v) is 4.46. The molecule has 5 rings (SSSR count). The second-order valence-electron chi connectivity index (χ2n) is 8.47. The second-order valence-corrected chi connectivity index (χ2v) is 8.47. The van der Waals surface area contributed by atoms with E-state index in [1.54, 1.807) is 12.0 Å². The largest absolute Gasteiger partial charge is 0.495 e. The van der Waals surface area contributed by atoms with Crippen molar-refractivity contribution in [1.82, 2.24) is 15.3 Å². The van der Waals surface area contributed by atoms with Crippen molar-refractivity contribution >= 4 is 28.5 Å². The van der Waals surface area contributed by atoms with Gasteiger partial charge in [-0.25, -0.2) is 4.98 Å². The number of nitrogens with zero attached hydrogens (tertiary/aromatic N) is 2. The van der Waals surface area contributed by atoms with Crippen LogP contribution in [-0.4, -0.2) is 35.4 Å². The number of aromatic amines is 1. The first kappa shape index (κ1) is 21.7. The van der Waals surface area contributed by atoms with Gasteiger partial charge in [-0.15, -0.1) is 0 Å². The second kappa shape index (κ2) is 9.39. The Bertz CT molecular complexity index is 1280. The maximum absolute atomic E-state index is 13.3. The molecular weight excluding hydrogens is 428 g/mol. The van der Waals surface area contributed by atoms with E-state index in [1.807, 2.05) is 78.9 Å². The van der Waals surface area contributed by atoms with Crippen LogP contribution < -0.4 is 15.0 Å². The van der Waals surface area contributed by atoms with Gasteiger partial charge in [0.2, 0.25) is 11.8 Å². The van der Waals surface area contributed by atoms with Crippen LogP contribution in [0.25, 0.3) is 11.0 Å². The summed E-state index contributed by atoms with van der Waals surface area (Å²) in [4.78, 5) is 35.9. The van der Waals surface area contributed by atoms with E-state index in [-0.39, 0.29) is 24.3 Å². The average Bonchev–Trinajstić information content (AvgIpc) is 3.48. The SMILES string of the molecule is COc1ccccc1N1C[C@H](C(=O)N[C@H](Cc2ccccc2)c2nc3ccccc3[nH]2)CC1=O. The number of H-pyrrole nitrogens is 1. The molecule has 0 saturated carbocycles. The number of imidazole rings is 1. The summed E-state index contributed by atoms with van der Waals surface area (Å²) < 4.78 is 5.41. The van der Waals surface area contributed by atoms with E-state index < -0.39 is 5.92 Å². The number of carbonyl (C=O) groups is 2. The number of hydrogen-bond donors (Lipinski definition) is 2. The van der Waals surface area contributed by atoms with Crippen LogP contribution in [0.2, 0.25) is 0 Å². The number of methoxy groups -OCH3 is 1. The molecule has 34 heavy (non-hydrogen) atoms. The van der Waals surface area contributed by atoms with Crippen molar-refractivity contribution < 1.29 is 14.3 Å². The summed E-state index contributed by atoms with van der Waals surface area (Å²) in [6.45, 7) is 0.309. The number of para-hydroxylation sites is 4. The Morgan fingerprint density at radius 3 is 2.62 bits per heavy atom. The third kappa shape index (κ3) is 4.37. The van der Waals surface area contributed by atoms with E-state index in [4.69, 9.17) is 9.72 Å². The Morgan fingerprint density at radius 1 is 1.09 bits per heavy atom. The lowest BCUT2D eigenvalue weighted by atomic mass is 10.0. The molecule has 1 saturated heterocycles. The Kier molecular flexibility index (Phi) is 5.99. The van der Waals surface area contributed by atoms with Crippen LogP contribution in [0.4, 0.5) is 5.69 Å². The molecule has 1 fully saturated rings. The Balaban J connectivity index is 1.37. The number of rotatable bonds is 7.